The van der Waals surface area contributed by atoms with Crippen LogP contribution in [0.1, 0.15) is 26.7 Å². The number of nitrogens with zero attached hydrogens (tertiary/aromatic N) is 2. The van der Waals surface area contributed by atoms with Gasteiger partial charge in [-0.2, -0.15) is 4.65 Å². The zero-order valence-electron chi connectivity index (χ0n) is 9.20. The first-order valence-corrected chi connectivity index (χ1v) is 5.48. The zero-order chi connectivity index (χ0) is 10.6. The number of amides is 1. The summed E-state index contributed by atoms with van der Waals surface area (Å²) in [5.74, 6) is 0.202. The molecule has 1 aliphatic heterocycles. The summed E-state index contributed by atoms with van der Waals surface area (Å²) in [6, 6.07) is 0. The monoisotopic (exact) mass is 201 g/mol. The fraction of sp³-hybridized carbons (Fsp3) is 0.900. The smallest absolute Gasteiger partial charge is 0.222 e. The Labute approximate surface area is 85.7 Å². The lowest BCUT2D eigenvalue weighted by Crippen LogP contribution is -2.58. The summed E-state index contributed by atoms with van der Waals surface area (Å²) >= 11 is 0. The van der Waals surface area contributed by atoms with Gasteiger partial charge in [0.25, 0.3) is 0 Å². The summed E-state index contributed by atoms with van der Waals surface area (Å²) in [6.07, 6.45) is 1.55. The molecule has 0 bridgehead atoms. The first kappa shape index (κ1) is 11.5. The Kier molecular flexibility index (Phi) is 3.89. The van der Waals surface area contributed by atoms with Gasteiger partial charge in [-0.3, -0.25) is 4.79 Å². The molecule has 0 aromatic carbocycles. The van der Waals surface area contributed by atoms with Crippen molar-refractivity contribution in [1.29, 1.82) is 0 Å². The molecule has 14 heavy (non-hydrogen) atoms. The number of quaternary nitrogens is 1. The summed E-state index contributed by atoms with van der Waals surface area (Å²) in [7, 11) is 0. The van der Waals surface area contributed by atoms with Gasteiger partial charge in [0.15, 0.2) is 0 Å². The lowest BCUT2D eigenvalue weighted by atomic mass is 10.2. The number of carbonyl (C=O) groups excluding carboxylic acids is 1. The molecule has 1 amide bonds. The number of hydrogen-bond donors (Lipinski definition) is 1. The second kappa shape index (κ2) is 4.75. The molecular formula is C10H21N2O2+. The van der Waals surface area contributed by atoms with E-state index >= 15 is 0 Å². The third kappa shape index (κ3) is 2.69. The van der Waals surface area contributed by atoms with Crippen LogP contribution in [0.25, 0.3) is 0 Å². The number of hydrogen-bond acceptors (Lipinski definition) is 2. The Hall–Kier alpha value is -0.610. The summed E-state index contributed by atoms with van der Waals surface area (Å²) in [5.41, 5.74) is 0. The van der Waals surface area contributed by atoms with Crippen molar-refractivity contribution < 1.29 is 14.6 Å². The van der Waals surface area contributed by atoms with Gasteiger partial charge >= 0.3 is 0 Å². The molecule has 82 valence electrons. The predicted molar refractivity (Wildman–Crippen MR) is 53.8 cm³/mol. The predicted octanol–water partition coefficient (Wildman–Crippen LogP) is 0.855. The van der Waals surface area contributed by atoms with Gasteiger partial charge in [0.1, 0.15) is 19.6 Å². The third-order valence-corrected chi connectivity index (χ3v) is 2.87. The Morgan fingerprint density at radius 1 is 1.36 bits per heavy atom. The molecule has 1 rings (SSSR count). The SMILES string of the molecule is CCC[N+]1(O)CCN(C(=O)CC)CC1. The van der Waals surface area contributed by atoms with Gasteiger partial charge in [-0.25, -0.2) is 5.21 Å². The standard InChI is InChI=1S/C10H21N2O2/c1-3-7-12(14)8-5-11(6-9-12)10(13)4-2/h14H,3-9H2,1-2H3/q+1. The van der Waals surface area contributed by atoms with Crippen LogP contribution in [0.15, 0.2) is 0 Å². The van der Waals surface area contributed by atoms with Crippen LogP contribution in [0.5, 0.6) is 0 Å². The molecule has 0 saturated carbocycles. The minimum atomic E-state index is 0.143. The van der Waals surface area contributed by atoms with Crippen LogP contribution in [0, 0.1) is 0 Å². The maximum atomic E-state index is 11.4. The molecule has 0 radical (unpaired) electrons. The van der Waals surface area contributed by atoms with Crippen LogP contribution in [0.3, 0.4) is 0 Å². The van der Waals surface area contributed by atoms with E-state index in [2.05, 4.69) is 6.92 Å². The van der Waals surface area contributed by atoms with Crippen molar-refractivity contribution in [1.82, 2.24) is 4.90 Å². The number of piperazine rings is 1. The Bertz CT molecular complexity index is 198. The number of carbonyl (C=O) groups is 1. The topological polar surface area (TPSA) is 40.5 Å². The molecule has 0 spiro atoms. The fourth-order valence-corrected chi connectivity index (χ4v) is 1.95. The van der Waals surface area contributed by atoms with E-state index in [1.165, 1.54) is 0 Å². The maximum absolute atomic E-state index is 11.4. The van der Waals surface area contributed by atoms with Gasteiger partial charge in [-0.15, -0.1) is 0 Å². The molecule has 4 heteroatoms. The largest absolute Gasteiger partial charge is 0.331 e. The van der Waals surface area contributed by atoms with Crippen LogP contribution in [0.2, 0.25) is 0 Å². The van der Waals surface area contributed by atoms with Crippen LogP contribution in [-0.4, -0.2) is 53.4 Å². The van der Waals surface area contributed by atoms with Gasteiger partial charge in [0.2, 0.25) is 5.91 Å². The van der Waals surface area contributed by atoms with Gasteiger partial charge in [-0.05, 0) is 6.42 Å². The van der Waals surface area contributed by atoms with Crippen LogP contribution >= 0.6 is 0 Å². The average Bonchev–Trinajstić information content (AvgIpc) is 2.18. The molecule has 4 nitrogen and oxygen atoms in total. The van der Waals surface area contributed by atoms with Crippen molar-refractivity contribution in [3.8, 4) is 0 Å². The van der Waals surface area contributed by atoms with E-state index in [4.69, 9.17) is 0 Å². The Morgan fingerprint density at radius 3 is 2.36 bits per heavy atom. The molecule has 1 heterocycles. The zero-order valence-corrected chi connectivity index (χ0v) is 9.20. The highest BCUT2D eigenvalue weighted by Gasteiger charge is 2.32. The van der Waals surface area contributed by atoms with Gasteiger partial charge < -0.3 is 4.90 Å². The van der Waals surface area contributed by atoms with Crippen LogP contribution in [0.4, 0.5) is 0 Å². The summed E-state index contributed by atoms with van der Waals surface area (Å²) in [5, 5.41) is 10.0. The quantitative estimate of drug-likeness (QED) is 0.688. The number of rotatable bonds is 3. The second-order valence-corrected chi connectivity index (χ2v) is 4.00. The minimum Gasteiger partial charge on any atom is -0.331 e. The number of hydroxylamine groups is 3. The average molecular weight is 201 g/mol. The van der Waals surface area contributed by atoms with Crippen molar-refractivity contribution in [3.63, 3.8) is 0 Å². The molecule has 1 N–H and O–H groups in total. The molecule has 0 unspecified atom stereocenters. The van der Waals surface area contributed by atoms with E-state index in [0.29, 0.717) is 32.6 Å². The van der Waals surface area contributed by atoms with Crippen LogP contribution in [-0.2, 0) is 4.79 Å². The van der Waals surface area contributed by atoms with Crippen LogP contribution < -0.4 is 0 Å². The van der Waals surface area contributed by atoms with Crippen molar-refractivity contribution in [2.75, 3.05) is 32.7 Å². The van der Waals surface area contributed by atoms with Crippen molar-refractivity contribution in [2.45, 2.75) is 26.7 Å². The normalized spacial score (nSPS) is 20.9. The molecule has 1 aliphatic rings. The Balaban J connectivity index is 2.41. The molecule has 0 aromatic heterocycles. The molecule has 0 aromatic rings. The lowest BCUT2D eigenvalue weighted by Gasteiger charge is -2.38. The molecule has 0 atom stereocenters. The highest BCUT2D eigenvalue weighted by molar-refractivity contribution is 5.75. The fourth-order valence-electron chi connectivity index (χ4n) is 1.95. The van der Waals surface area contributed by atoms with Gasteiger partial charge in [-0.1, -0.05) is 13.8 Å². The first-order valence-electron chi connectivity index (χ1n) is 5.48. The maximum Gasteiger partial charge on any atom is 0.222 e. The van der Waals surface area contributed by atoms with Crippen molar-refractivity contribution >= 4 is 5.91 Å². The van der Waals surface area contributed by atoms with E-state index in [1.54, 1.807) is 0 Å². The van der Waals surface area contributed by atoms with E-state index in [9.17, 15) is 10.0 Å². The van der Waals surface area contributed by atoms with E-state index in [1.807, 2.05) is 11.8 Å². The van der Waals surface area contributed by atoms with Gasteiger partial charge in [0.05, 0.1) is 13.1 Å². The molecule has 0 aliphatic carbocycles. The summed E-state index contributed by atoms with van der Waals surface area (Å²) in [6.45, 7) is 7.50. The summed E-state index contributed by atoms with van der Waals surface area (Å²) < 4.78 is 0.143. The van der Waals surface area contributed by atoms with E-state index in [-0.39, 0.29) is 10.6 Å². The van der Waals surface area contributed by atoms with E-state index < -0.39 is 0 Å². The van der Waals surface area contributed by atoms with E-state index in [0.717, 1.165) is 13.0 Å². The van der Waals surface area contributed by atoms with Gasteiger partial charge in [0, 0.05) is 6.42 Å². The first-order chi connectivity index (χ1) is 6.61. The lowest BCUT2D eigenvalue weighted by molar-refractivity contribution is -1.10. The van der Waals surface area contributed by atoms with Crippen molar-refractivity contribution in [3.05, 3.63) is 0 Å². The summed E-state index contributed by atoms with van der Waals surface area (Å²) in [4.78, 5) is 13.2. The molecule has 1 fully saturated rings. The highest BCUT2D eigenvalue weighted by atomic mass is 16.5. The molecule has 1 saturated heterocycles. The Morgan fingerprint density at radius 2 is 1.93 bits per heavy atom. The minimum absolute atomic E-state index is 0.143. The second-order valence-electron chi connectivity index (χ2n) is 4.00. The molecular weight excluding hydrogens is 180 g/mol. The third-order valence-electron chi connectivity index (χ3n) is 2.87. The highest BCUT2D eigenvalue weighted by Crippen LogP contribution is 2.11. The van der Waals surface area contributed by atoms with Crippen molar-refractivity contribution in [2.24, 2.45) is 0 Å².